The number of alkyl halides is 3. The maximum atomic E-state index is 13.4. The molecule has 0 saturated carbocycles. The Balaban J connectivity index is 1.68. The molecular formula is C23H18Cl2F4N4O2. The fraction of sp³-hybridized carbons (Fsp3) is 0.130. The van der Waals surface area contributed by atoms with E-state index >= 15 is 0 Å². The summed E-state index contributed by atoms with van der Waals surface area (Å²) in [5.41, 5.74) is -0.756. The van der Waals surface area contributed by atoms with Crippen LogP contribution in [0, 0.1) is 5.82 Å². The monoisotopic (exact) mass is 528 g/mol. The van der Waals surface area contributed by atoms with Crippen molar-refractivity contribution in [1.29, 1.82) is 0 Å². The molecule has 0 aliphatic heterocycles. The lowest BCUT2D eigenvalue weighted by Crippen LogP contribution is -2.42. The third-order valence-electron chi connectivity index (χ3n) is 4.66. The van der Waals surface area contributed by atoms with Gasteiger partial charge in [-0.05, 0) is 54.6 Å². The number of carbonyl (C=O) groups excluding carboxylic acids is 2. The molecule has 0 heterocycles. The summed E-state index contributed by atoms with van der Waals surface area (Å²) in [6, 6.07) is 12.5. The summed E-state index contributed by atoms with van der Waals surface area (Å²) >= 11 is 11.9. The Labute approximate surface area is 207 Å². The maximum Gasteiger partial charge on any atom is 0.418 e. The fourth-order valence-corrected chi connectivity index (χ4v) is 3.32. The third kappa shape index (κ3) is 7.24. The number of benzene rings is 3. The van der Waals surface area contributed by atoms with Gasteiger partial charge in [0.05, 0.1) is 21.3 Å². The van der Waals surface area contributed by atoms with Gasteiger partial charge in [-0.1, -0.05) is 35.3 Å². The van der Waals surface area contributed by atoms with E-state index in [9.17, 15) is 27.2 Å². The Morgan fingerprint density at radius 2 is 1.57 bits per heavy atom. The number of para-hydroxylation sites is 1. The van der Waals surface area contributed by atoms with E-state index in [4.69, 9.17) is 23.2 Å². The number of nitrogens with one attached hydrogen (secondary N) is 3. The Kier molecular flexibility index (Phi) is 8.42. The summed E-state index contributed by atoms with van der Waals surface area (Å²) in [7, 11) is 0. The van der Waals surface area contributed by atoms with Gasteiger partial charge >= 0.3 is 18.2 Å². The van der Waals surface area contributed by atoms with Crippen LogP contribution < -0.4 is 20.9 Å². The Morgan fingerprint density at radius 3 is 2.23 bits per heavy atom. The maximum absolute atomic E-state index is 13.4. The van der Waals surface area contributed by atoms with E-state index < -0.39 is 35.3 Å². The number of amides is 4. The topological polar surface area (TPSA) is 73.5 Å². The van der Waals surface area contributed by atoms with Gasteiger partial charge in [0, 0.05) is 24.5 Å². The van der Waals surface area contributed by atoms with Gasteiger partial charge in [0.2, 0.25) is 0 Å². The second-order valence-corrected chi connectivity index (χ2v) is 7.93. The minimum absolute atomic E-state index is 0.0902. The molecule has 3 N–H and O–H groups in total. The second-order valence-electron chi connectivity index (χ2n) is 7.11. The van der Waals surface area contributed by atoms with Crippen molar-refractivity contribution in [3.63, 3.8) is 0 Å². The highest BCUT2D eigenvalue weighted by atomic mass is 35.5. The zero-order valence-electron chi connectivity index (χ0n) is 17.8. The van der Waals surface area contributed by atoms with Crippen LogP contribution in [0.15, 0.2) is 66.7 Å². The zero-order valence-corrected chi connectivity index (χ0v) is 19.3. The van der Waals surface area contributed by atoms with Crippen molar-refractivity contribution in [2.45, 2.75) is 6.18 Å². The molecule has 0 saturated heterocycles. The van der Waals surface area contributed by atoms with Crippen LogP contribution in [0.5, 0.6) is 0 Å². The molecule has 0 bridgehead atoms. The first-order valence-corrected chi connectivity index (χ1v) is 10.8. The Bertz CT molecular complexity index is 1210. The fourth-order valence-electron chi connectivity index (χ4n) is 3.02. The van der Waals surface area contributed by atoms with Crippen molar-refractivity contribution in [3.05, 3.63) is 88.2 Å². The number of rotatable bonds is 6. The van der Waals surface area contributed by atoms with Crippen molar-refractivity contribution >= 4 is 52.3 Å². The molecule has 184 valence electrons. The predicted octanol–water partition coefficient (Wildman–Crippen LogP) is 7.01. The molecule has 4 amide bonds. The van der Waals surface area contributed by atoms with Crippen LogP contribution in [0.2, 0.25) is 10.0 Å². The molecule has 0 unspecified atom stereocenters. The van der Waals surface area contributed by atoms with Crippen molar-refractivity contribution in [2.24, 2.45) is 0 Å². The summed E-state index contributed by atoms with van der Waals surface area (Å²) in [4.78, 5) is 26.3. The van der Waals surface area contributed by atoms with Crippen LogP contribution in [0.4, 0.5) is 44.2 Å². The number of nitrogens with zero attached hydrogens (tertiary/aromatic N) is 1. The SMILES string of the molecule is O=C(NCCN(C(=O)Nc1ccc(Cl)c(Cl)c1)c1ccc(F)cc1)Nc1ccccc1C(F)(F)F. The third-order valence-corrected chi connectivity index (χ3v) is 5.39. The smallest absolute Gasteiger partial charge is 0.336 e. The molecule has 0 radical (unpaired) electrons. The van der Waals surface area contributed by atoms with E-state index in [1.54, 1.807) is 0 Å². The van der Waals surface area contributed by atoms with Gasteiger partial charge in [-0.3, -0.25) is 4.90 Å². The van der Waals surface area contributed by atoms with E-state index in [0.29, 0.717) is 16.4 Å². The highest BCUT2D eigenvalue weighted by molar-refractivity contribution is 6.42. The number of carbonyl (C=O) groups is 2. The van der Waals surface area contributed by atoms with Crippen LogP contribution in [0.1, 0.15) is 5.56 Å². The summed E-state index contributed by atoms with van der Waals surface area (Å²) in [6.45, 7) is -0.223. The van der Waals surface area contributed by atoms with Gasteiger partial charge in [0.1, 0.15) is 5.82 Å². The van der Waals surface area contributed by atoms with Gasteiger partial charge in [-0.2, -0.15) is 13.2 Å². The van der Waals surface area contributed by atoms with E-state index in [2.05, 4.69) is 16.0 Å². The molecule has 0 aliphatic rings. The Hall–Kier alpha value is -3.50. The van der Waals surface area contributed by atoms with Crippen LogP contribution in [-0.4, -0.2) is 25.2 Å². The van der Waals surface area contributed by atoms with Gasteiger partial charge in [-0.25, -0.2) is 14.0 Å². The molecule has 0 atom stereocenters. The zero-order chi connectivity index (χ0) is 25.6. The lowest BCUT2D eigenvalue weighted by Gasteiger charge is -2.24. The first-order valence-electron chi connectivity index (χ1n) is 10.0. The number of urea groups is 2. The summed E-state index contributed by atoms with van der Waals surface area (Å²) < 4.78 is 52.7. The van der Waals surface area contributed by atoms with E-state index in [1.807, 2.05) is 0 Å². The lowest BCUT2D eigenvalue weighted by molar-refractivity contribution is -0.136. The quantitative estimate of drug-likeness (QED) is 0.301. The molecule has 0 aliphatic carbocycles. The predicted molar refractivity (Wildman–Crippen MR) is 128 cm³/mol. The average Bonchev–Trinajstić information content (AvgIpc) is 2.79. The molecule has 3 rings (SSSR count). The number of hydrogen-bond acceptors (Lipinski definition) is 2. The van der Waals surface area contributed by atoms with E-state index in [0.717, 1.165) is 24.3 Å². The summed E-state index contributed by atoms with van der Waals surface area (Å²) in [5.74, 6) is -0.514. The van der Waals surface area contributed by atoms with E-state index in [1.165, 1.54) is 47.4 Å². The number of halogens is 6. The molecule has 3 aromatic rings. The van der Waals surface area contributed by atoms with E-state index in [-0.39, 0.29) is 18.1 Å². The van der Waals surface area contributed by atoms with Crippen molar-refractivity contribution in [3.8, 4) is 0 Å². The molecule has 6 nitrogen and oxygen atoms in total. The first-order chi connectivity index (χ1) is 16.5. The second kappa shape index (κ2) is 11.3. The number of hydrogen-bond donors (Lipinski definition) is 3. The minimum atomic E-state index is -4.65. The van der Waals surface area contributed by atoms with Gasteiger partial charge < -0.3 is 16.0 Å². The van der Waals surface area contributed by atoms with Gasteiger partial charge in [-0.15, -0.1) is 0 Å². The van der Waals surface area contributed by atoms with Crippen LogP contribution >= 0.6 is 23.2 Å². The van der Waals surface area contributed by atoms with Crippen molar-refractivity contribution < 1.29 is 27.2 Å². The normalized spacial score (nSPS) is 11.0. The van der Waals surface area contributed by atoms with Gasteiger partial charge in [0.15, 0.2) is 0 Å². The first kappa shape index (κ1) is 26.1. The van der Waals surface area contributed by atoms with Gasteiger partial charge in [0.25, 0.3) is 0 Å². The van der Waals surface area contributed by atoms with Crippen molar-refractivity contribution in [1.82, 2.24) is 5.32 Å². The minimum Gasteiger partial charge on any atom is -0.336 e. The summed E-state index contributed by atoms with van der Waals surface area (Å²) in [6.07, 6.45) is -4.65. The molecule has 0 spiro atoms. The lowest BCUT2D eigenvalue weighted by atomic mass is 10.1. The standard InChI is InChI=1S/C23H18Cl2F4N4O2/c24-18-10-7-15(13-19(18)25)31-22(35)33(16-8-5-14(26)6-9-16)12-11-30-21(34)32-20-4-2-1-3-17(20)23(27,28)29/h1-10,13H,11-12H2,(H,31,35)(H2,30,32,34). The molecule has 35 heavy (non-hydrogen) atoms. The molecule has 0 aromatic heterocycles. The molecular weight excluding hydrogens is 511 g/mol. The molecule has 3 aromatic carbocycles. The largest absolute Gasteiger partial charge is 0.418 e. The highest BCUT2D eigenvalue weighted by Crippen LogP contribution is 2.34. The van der Waals surface area contributed by atoms with Crippen LogP contribution in [0.3, 0.4) is 0 Å². The highest BCUT2D eigenvalue weighted by Gasteiger charge is 2.33. The molecule has 0 fully saturated rings. The Morgan fingerprint density at radius 1 is 0.886 bits per heavy atom. The average molecular weight is 529 g/mol. The van der Waals surface area contributed by atoms with Crippen LogP contribution in [0.25, 0.3) is 0 Å². The summed E-state index contributed by atoms with van der Waals surface area (Å²) in [5, 5.41) is 7.69. The molecule has 12 heteroatoms. The van der Waals surface area contributed by atoms with Crippen molar-refractivity contribution in [2.75, 3.05) is 28.6 Å². The van der Waals surface area contributed by atoms with Crippen LogP contribution in [-0.2, 0) is 6.18 Å². The number of anilines is 3.